The number of amides is 2. The number of ether oxygens (including phenoxy) is 2. The lowest BCUT2D eigenvalue weighted by molar-refractivity contribution is -0.0548. The van der Waals surface area contributed by atoms with Crippen molar-refractivity contribution in [3.8, 4) is 0 Å². The largest absolute Gasteiger partial charge is 0.470 e. The number of imide groups is 1. The molecule has 5 aromatic rings. The van der Waals surface area contributed by atoms with Crippen molar-refractivity contribution >= 4 is 46.8 Å². The fraction of sp³-hybridized carbons (Fsp3) is 0.533. The standard InChI is InChI=1S/C10H13N.C10H11N.C9H7NO2.C6H13NO.2C6H9NO.C6H13NS.C6H13N.2C6H11N.C6H9N.C5H8N2O.C4H10.C3H9N3.CH4/c1-2-11-7-9-5-3-4-6-10(9)8-11;1-2-11-8-7-9-5-3-4-6-10(9)11;1-10-8(11)6-4-2-3-5-7(6)9(10)12;2*1-2-7-3-5-8-6-4-7;1-2-7-5-3-4-6-8-7;1-2-7-3-5-8-6-4-7;4*1-2-7-5-3-4-6-7;1-2-7-3-4-8-6-5-7;1-3-4-2;1-2-6-3(4)5;/h3-6H,2,7-8H2,1H3;3-8H,2H2,1H3;2-5H,1H3;2-6H2,1H3;2*3-6H,2H2,1H3;2-6H2,1H3;2-6H2,1H3;3,5H,2,4,6H2,1H3;3-4H,2,5-6H2,1H3;3-6H,2H2,1H3;3-5H,2H2,1H3;3-4H2,1-2H3;2H2,1H3,(H4,4,5,6);1H4. The highest BCUT2D eigenvalue weighted by Crippen LogP contribution is 2.22. The van der Waals surface area contributed by atoms with Crippen LogP contribution in [0.1, 0.15) is 168 Å². The molecule has 22 nitrogen and oxygen atoms in total. The lowest BCUT2D eigenvalue weighted by Gasteiger charge is -2.24. The molecule has 0 unspecified atom stereocenters. The van der Waals surface area contributed by atoms with E-state index >= 15 is 0 Å². The second kappa shape index (κ2) is 67.9. The maximum atomic E-state index is 11.3. The average molecular weight is 1580 g/mol. The van der Waals surface area contributed by atoms with Gasteiger partial charge in [-0.1, -0.05) is 147 Å². The van der Waals surface area contributed by atoms with Gasteiger partial charge in [-0.15, -0.1) is 0 Å². The molecule has 3 fully saturated rings. The van der Waals surface area contributed by atoms with Gasteiger partial charge in [-0.2, -0.15) is 11.8 Å². The van der Waals surface area contributed by atoms with Crippen molar-refractivity contribution in [1.29, 1.82) is 0 Å². The molecule has 4 N–H and O–H groups in total. The molecule has 0 radical (unpaired) electrons. The zero-order valence-electron chi connectivity index (χ0n) is 71.5. The van der Waals surface area contributed by atoms with Crippen LogP contribution in [0.4, 0.5) is 0 Å². The number of oxime groups is 1. The summed E-state index contributed by atoms with van der Waals surface area (Å²) in [7, 11) is 1.49. The van der Waals surface area contributed by atoms with Gasteiger partial charge in [-0.05, 0) is 185 Å². The number of carbonyl (C=O) groups is 2. The number of morpholine rings is 1. The molecular formula is C90H150N16O6S. The number of hydrogen-bond donors (Lipinski definition) is 2. The smallest absolute Gasteiger partial charge is 0.261 e. The van der Waals surface area contributed by atoms with Crippen LogP contribution in [-0.2, 0) is 45.3 Å². The Kier molecular flexibility index (Phi) is 61.6. The molecule has 2 aromatic heterocycles. The Morgan fingerprint density at radius 2 is 1.04 bits per heavy atom. The molecule has 3 aromatic carbocycles. The molecule has 15 rings (SSSR count). The van der Waals surface area contributed by atoms with E-state index in [4.69, 9.17) is 25.8 Å². The summed E-state index contributed by atoms with van der Waals surface area (Å²) in [5.41, 5.74) is 15.2. The molecule has 12 heterocycles. The molecule has 23 heteroatoms. The average Bonchev–Trinajstić information content (AvgIpc) is 1.65. The number of rotatable bonds is 13. The van der Waals surface area contributed by atoms with Gasteiger partial charge < -0.3 is 64.2 Å². The van der Waals surface area contributed by atoms with E-state index in [2.05, 4.69) is 239 Å². The van der Waals surface area contributed by atoms with Gasteiger partial charge in [0.25, 0.3) is 11.8 Å². The van der Waals surface area contributed by atoms with Crippen LogP contribution in [-0.4, -0.2) is 239 Å². The van der Waals surface area contributed by atoms with Gasteiger partial charge in [0.15, 0.2) is 5.96 Å². The number of nitrogens with two attached hydrogens (primary N) is 2. The highest BCUT2D eigenvalue weighted by Gasteiger charge is 2.31. The quantitative estimate of drug-likeness (QED) is 0.0489. The van der Waals surface area contributed by atoms with Crippen LogP contribution in [0.25, 0.3) is 10.9 Å². The number of carbonyl (C=O) groups excluding carboxylic acids is 2. The van der Waals surface area contributed by atoms with Crippen molar-refractivity contribution in [3.63, 3.8) is 0 Å². The van der Waals surface area contributed by atoms with Crippen LogP contribution in [0.2, 0.25) is 0 Å². The predicted octanol–water partition coefficient (Wildman–Crippen LogP) is 16.7. The summed E-state index contributed by atoms with van der Waals surface area (Å²) < 4.78 is 14.3. The first kappa shape index (κ1) is 102. The maximum absolute atomic E-state index is 11.3. The number of thioether (sulfide) groups is 1. The van der Waals surface area contributed by atoms with Crippen molar-refractivity contribution < 1.29 is 28.7 Å². The number of likely N-dealkylation sites (N-methyl/N-ethyl adjacent to an activating group) is 2. The number of aryl methyl sites for hydroxylation is 2. The van der Waals surface area contributed by atoms with E-state index < -0.39 is 0 Å². The van der Waals surface area contributed by atoms with Crippen molar-refractivity contribution in [2.75, 3.05) is 156 Å². The molecule has 2 amide bonds. The van der Waals surface area contributed by atoms with Crippen LogP contribution < -0.4 is 11.5 Å². The molecule has 0 atom stereocenters. The topological polar surface area (TPSA) is 190 Å². The third kappa shape index (κ3) is 46.4. The number of hydroxylamine groups is 2. The van der Waals surface area contributed by atoms with Crippen molar-refractivity contribution in [2.24, 2.45) is 21.6 Å². The second-order valence-electron chi connectivity index (χ2n) is 26.2. The highest BCUT2D eigenvalue weighted by atomic mass is 32.2. The number of hydrogen-bond acceptors (Lipinski definition) is 18. The predicted molar refractivity (Wildman–Crippen MR) is 481 cm³/mol. The summed E-state index contributed by atoms with van der Waals surface area (Å²) >= 11 is 2.07. The summed E-state index contributed by atoms with van der Waals surface area (Å²) in [5, 5.41) is 6.62. The SMILES string of the molecule is C.CCCC.CCN1C=CC=CO1.CCN1C=CCC1.CCN1C=COC=C1.CCN1C=CON=C1.CCN1CC=CC1.CCN1CCCC1.CCN1CCOCC1.CCN1CCSCC1.CCN1Cc2ccccc2C1.CCN=C(N)N.CCn1ccc2ccccc21.CCn1cccc1.CN1C(=O)c2ccccc2C1=O. The molecule has 10 aliphatic rings. The fourth-order valence-corrected chi connectivity index (χ4v) is 12.1. The van der Waals surface area contributed by atoms with E-state index in [1.54, 1.807) is 60.7 Å². The van der Waals surface area contributed by atoms with Gasteiger partial charge in [-0.3, -0.25) is 34.2 Å². The lowest BCUT2D eigenvalue weighted by Crippen LogP contribution is -2.35. The first-order valence-corrected chi connectivity index (χ1v) is 42.4. The Morgan fingerprint density at radius 1 is 0.496 bits per heavy atom. The first-order valence-electron chi connectivity index (χ1n) is 41.2. The number of nitrogens with zero attached hydrogens (tertiary/aromatic N) is 14. The number of guanidine groups is 1. The second-order valence-corrected chi connectivity index (χ2v) is 27.4. The Bertz CT molecular complexity index is 3280. The molecule has 0 spiro atoms. The van der Waals surface area contributed by atoms with Crippen LogP contribution in [0.15, 0.2) is 206 Å². The van der Waals surface area contributed by atoms with Gasteiger partial charge in [0.05, 0.1) is 30.9 Å². The van der Waals surface area contributed by atoms with E-state index in [-0.39, 0.29) is 25.2 Å². The Balaban J connectivity index is 0.000000612. The van der Waals surface area contributed by atoms with Crippen LogP contribution in [0, 0.1) is 0 Å². The minimum Gasteiger partial charge on any atom is -0.470 e. The number of para-hydroxylation sites is 1. The zero-order valence-corrected chi connectivity index (χ0v) is 72.3. The minimum absolute atomic E-state index is 0. The van der Waals surface area contributed by atoms with E-state index in [0.717, 1.165) is 103 Å². The number of aliphatic imine (C=N–C) groups is 1. The van der Waals surface area contributed by atoms with Gasteiger partial charge in [0.2, 0.25) is 0 Å². The third-order valence-electron chi connectivity index (χ3n) is 18.5. The molecular weight excluding hydrogens is 1430 g/mol. The summed E-state index contributed by atoms with van der Waals surface area (Å²) in [6.45, 7) is 57.9. The fourth-order valence-electron chi connectivity index (χ4n) is 11.1. The molecule has 0 bridgehead atoms. The summed E-state index contributed by atoms with van der Waals surface area (Å²) in [6, 6.07) is 30.2. The van der Waals surface area contributed by atoms with Gasteiger partial charge in [0, 0.05) is 166 Å². The minimum atomic E-state index is -0.212. The number of fused-ring (bicyclic) bond motifs is 3. The lowest BCUT2D eigenvalue weighted by atomic mass is 10.1. The number of likely N-dealkylation sites (tertiary alicyclic amines) is 1. The highest BCUT2D eigenvalue weighted by molar-refractivity contribution is 7.99. The zero-order chi connectivity index (χ0) is 82.0. The molecule has 0 saturated carbocycles. The number of aromatic nitrogens is 2. The summed E-state index contributed by atoms with van der Waals surface area (Å²) in [6.07, 6.45) is 41.2. The number of benzene rings is 3. The van der Waals surface area contributed by atoms with Crippen molar-refractivity contribution in [1.82, 2.24) is 58.3 Å². The van der Waals surface area contributed by atoms with E-state index in [9.17, 15) is 9.59 Å². The number of allylic oxidation sites excluding steroid dienone is 2. The van der Waals surface area contributed by atoms with Crippen LogP contribution in [0.5, 0.6) is 0 Å². The van der Waals surface area contributed by atoms with Crippen LogP contribution in [0.3, 0.4) is 0 Å². The van der Waals surface area contributed by atoms with Gasteiger partial charge in [0.1, 0.15) is 31.4 Å². The number of unbranched alkanes of at least 4 members (excludes halogenated alkanes) is 1. The Labute approximate surface area is 688 Å². The molecule has 632 valence electrons. The molecule has 3 saturated heterocycles. The summed E-state index contributed by atoms with van der Waals surface area (Å²) in [5.74, 6) is 2.42. The van der Waals surface area contributed by atoms with Crippen LogP contribution >= 0.6 is 11.8 Å². The molecule has 0 aliphatic carbocycles. The third-order valence-corrected chi connectivity index (χ3v) is 19.5. The van der Waals surface area contributed by atoms with Crippen molar-refractivity contribution in [2.45, 2.75) is 163 Å². The van der Waals surface area contributed by atoms with Crippen molar-refractivity contribution in [3.05, 3.63) is 218 Å². The first-order chi connectivity index (χ1) is 54.6. The molecule has 10 aliphatic heterocycles. The van der Waals surface area contributed by atoms with E-state index in [0.29, 0.717) is 17.7 Å². The van der Waals surface area contributed by atoms with E-state index in [1.807, 2.05) is 79.7 Å². The Hall–Kier alpha value is -8.55. The van der Waals surface area contributed by atoms with E-state index in [1.165, 1.54) is 132 Å². The summed E-state index contributed by atoms with van der Waals surface area (Å²) in [4.78, 5) is 55.3. The Morgan fingerprint density at radius 3 is 1.41 bits per heavy atom. The maximum Gasteiger partial charge on any atom is 0.261 e. The van der Waals surface area contributed by atoms with Gasteiger partial charge >= 0.3 is 0 Å². The van der Waals surface area contributed by atoms with Gasteiger partial charge in [-0.25, -0.2) is 5.06 Å². The monoisotopic (exact) mass is 1580 g/mol. The molecule has 113 heavy (non-hydrogen) atoms. The normalized spacial score (nSPS) is 16.3.